The third-order valence-corrected chi connectivity index (χ3v) is 4.58. The van der Waals surface area contributed by atoms with Crippen molar-refractivity contribution in [2.45, 2.75) is 38.1 Å². The lowest BCUT2D eigenvalue weighted by atomic mass is 9.97. The highest BCUT2D eigenvalue weighted by molar-refractivity contribution is 5.97. The van der Waals surface area contributed by atoms with Crippen LogP contribution < -0.4 is 0 Å². The number of pyridine rings is 1. The van der Waals surface area contributed by atoms with Crippen LogP contribution in [0.25, 0.3) is 0 Å². The van der Waals surface area contributed by atoms with Crippen molar-refractivity contribution in [1.29, 1.82) is 0 Å². The number of rotatable bonds is 5. The van der Waals surface area contributed by atoms with Crippen molar-refractivity contribution in [2.24, 2.45) is 0 Å². The quantitative estimate of drug-likeness (QED) is 0.775. The first-order valence-corrected chi connectivity index (χ1v) is 8.64. The Kier molecular flexibility index (Phi) is 5.53. The number of nitrogens with zero attached hydrogens (tertiary/aromatic N) is 2. The van der Waals surface area contributed by atoms with Gasteiger partial charge in [0.15, 0.2) is 5.78 Å². The third kappa shape index (κ3) is 4.29. The summed E-state index contributed by atoms with van der Waals surface area (Å²) in [6.45, 7) is 0.699. The van der Waals surface area contributed by atoms with Gasteiger partial charge in [0.2, 0.25) is 5.91 Å². The van der Waals surface area contributed by atoms with Crippen molar-refractivity contribution in [3.63, 3.8) is 0 Å². The Morgan fingerprint density at radius 2 is 1.88 bits per heavy atom. The number of aromatic nitrogens is 1. The van der Waals surface area contributed by atoms with Gasteiger partial charge in [-0.3, -0.25) is 14.6 Å². The van der Waals surface area contributed by atoms with Crippen molar-refractivity contribution in [1.82, 2.24) is 9.88 Å². The van der Waals surface area contributed by atoms with E-state index in [4.69, 9.17) is 0 Å². The molecule has 4 nitrogen and oxygen atoms in total. The smallest absolute Gasteiger partial charge is 0.223 e. The number of hydrogen-bond acceptors (Lipinski definition) is 3. The van der Waals surface area contributed by atoms with Gasteiger partial charge in [-0.2, -0.15) is 0 Å². The molecule has 25 heavy (non-hydrogen) atoms. The molecule has 0 N–H and O–H groups in total. The Morgan fingerprint density at radius 3 is 2.60 bits per heavy atom. The highest BCUT2D eigenvalue weighted by atomic mass is 19.1. The van der Waals surface area contributed by atoms with E-state index in [9.17, 15) is 14.0 Å². The molecule has 1 atom stereocenters. The molecule has 130 valence electrons. The van der Waals surface area contributed by atoms with E-state index in [1.54, 1.807) is 6.20 Å². The molecule has 2 aromatic rings. The summed E-state index contributed by atoms with van der Waals surface area (Å²) in [6, 6.07) is 11.2. The lowest BCUT2D eigenvalue weighted by Crippen LogP contribution is -2.39. The van der Waals surface area contributed by atoms with Gasteiger partial charge in [-0.25, -0.2) is 4.39 Å². The number of Topliss-reactive ketones (excluding diaryl/α,β-unsaturated/α-hetero) is 1. The van der Waals surface area contributed by atoms with Gasteiger partial charge >= 0.3 is 0 Å². The van der Waals surface area contributed by atoms with Crippen LogP contribution >= 0.6 is 0 Å². The van der Waals surface area contributed by atoms with Gasteiger partial charge in [-0.05, 0) is 55.7 Å². The molecule has 0 aliphatic carbocycles. The van der Waals surface area contributed by atoms with Crippen molar-refractivity contribution in [2.75, 3.05) is 6.54 Å². The molecule has 0 unspecified atom stereocenters. The molecule has 3 rings (SSSR count). The zero-order valence-corrected chi connectivity index (χ0v) is 14.0. The van der Waals surface area contributed by atoms with E-state index in [1.165, 1.54) is 24.3 Å². The largest absolute Gasteiger partial charge is 0.334 e. The average Bonchev–Trinajstić information content (AvgIpc) is 2.67. The van der Waals surface area contributed by atoms with E-state index in [2.05, 4.69) is 4.98 Å². The number of likely N-dealkylation sites (tertiary alicyclic amines) is 1. The van der Waals surface area contributed by atoms with E-state index in [1.807, 2.05) is 23.1 Å². The van der Waals surface area contributed by atoms with Crippen molar-refractivity contribution in [3.05, 3.63) is 65.7 Å². The fourth-order valence-corrected chi connectivity index (χ4v) is 3.25. The Morgan fingerprint density at radius 1 is 1.08 bits per heavy atom. The normalized spacial score (nSPS) is 17.3. The SMILES string of the molecule is O=C(CCC(=O)N1CCCC[C@@H]1c1ccccn1)c1ccc(F)cc1. The first-order chi connectivity index (χ1) is 12.1. The minimum Gasteiger partial charge on any atom is -0.334 e. The number of carbonyl (C=O) groups excluding carboxylic acids is 2. The average molecular weight is 340 g/mol. The highest BCUT2D eigenvalue weighted by Crippen LogP contribution is 2.30. The van der Waals surface area contributed by atoms with Gasteiger partial charge in [0.25, 0.3) is 0 Å². The van der Waals surface area contributed by atoms with Gasteiger partial charge in [0, 0.05) is 31.1 Å². The number of hydrogen-bond donors (Lipinski definition) is 0. The molecule has 1 fully saturated rings. The second-order valence-electron chi connectivity index (χ2n) is 6.28. The lowest BCUT2D eigenvalue weighted by molar-refractivity contribution is -0.135. The van der Waals surface area contributed by atoms with Gasteiger partial charge in [-0.1, -0.05) is 6.07 Å². The van der Waals surface area contributed by atoms with Crippen LogP contribution in [0.15, 0.2) is 48.7 Å². The van der Waals surface area contributed by atoms with E-state index in [0.29, 0.717) is 12.1 Å². The van der Waals surface area contributed by atoms with Crippen molar-refractivity contribution < 1.29 is 14.0 Å². The highest BCUT2D eigenvalue weighted by Gasteiger charge is 2.28. The third-order valence-electron chi connectivity index (χ3n) is 4.58. The van der Waals surface area contributed by atoms with Crippen LogP contribution in [0, 0.1) is 5.82 Å². The maximum Gasteiger partial charge on any atom is 0.223 e. The molecular weight excluding hydrogens is 319 g/mol. The summed E-state index contributed by atoms with van der Waals surface area (Å²) in [4.78, 5) is 31.1. The first-order valence-electron chi connectivity index (χ1n) is 8.64. The Hall–Kier alpha value is -2.56. The van der Waals surface area contributed by atoms with Crippen LogP contribution in [-0.2, 0) is 4.79 Å². The first kappa shape index (κ1) is 17.3. The predicted octanol–water partition coefficient (Wildman–Crippen LogP) is 3.94. The minimum absolute atomic E-state index is 0.0108. The minimum atomic E-state index is -0.376. The van der Waals surface area contributed by atoms with Gasteiger partial charge < -0.3 is 4.90 Å². The summed E-state index contributed by atoms with van der Waals surface area (Å²) in [5.41, 5.74) is 1.34. The van der Waals surface area contributed by atoms with Crippen LogP contribution in [0.5, 0.6) is 0 Å². The zero-order valence-electron chi connectivity index (χ0n) is 14.0. The zero-order chi connectivity index (χ0) is 17.6. The van der Waals surface area contributed by atoms with Crippen LogP contribution in [0.3, 0.4) is 0 Å². The molecule has 5 heteroatoms. The molecule has 0 spiro atoms. The monoisotopic (exact) mass is 340 g/mol. The number of piperidine rings is 1. The number of ketones is 1. The molecule has 1 aromatic heterocycles. The second-order valence-corrected chi connectivity index (χ2v) is 6.28. The molecule has 0 radical (unpaired) electrons. The Labute approximate surface area is 146 Å². The fraction of sp³-hybridized carbons (Fsp3) is 0.350. The molecule has 1 aromatic carbocycles. The lowest BCUT2D eigenvalue weighted by Gasteiger charge is -2.35. The summed E-state index contributed by atoms with van der Waals surface area (Å²) >= 11 is 0. The Bertz CT molecular complexity index is 731. The summed E-state index contributed by atoms with van der Waals surface area (Å²) in [5, 5.41) is 0. The van der Waals surface area contributed by atoms with Crippen LogP contribution in [-0.4, -0.2) is 28.1 Å². The summed E-state index contributed by atoms with van der Waals surface area (Å²) in [5.74, 6) is -0.537. The van der Waals surface area contributed by atoms with E-state index < -0.39 is 0 Å². The predicted molar refractivity (Wildman–Crippen MR) is 92.5 cm³/mol. The molecular formula is C20H21FN2O2. The number of halogens is 1. The Balaban J connectivity index is 1.63. The summed E-state index contributed by atoms with van der Waals surface area (Å²) in [7, 11) is 0. The molecule has 0 bridgehead atoms. The molecule has 0 saturated carbocycles. The van der Waals surface area contributed by atoms with Gasteiger partial charge in [0.1, 0.15) is 5.82 Å². The topological polar surface area (TPSA) is 50.3 Å². The van der Waals surface area contributed by atoms with Crippen LogP contribution in [0.1, 0.15) is 54.2 Å². The summed E-state index contributed by atoms with van der Waals surface area (Å²) in [6.07, 6.45) is 4.98. The van der Waals surface area contributed by atoms with Crippen LogP contribution in [0.4, 0.5) is 4.39 Å². The molecule has 1 amide bonds. The van der Waals surface area contributed by atoms with E-state index >= 15 is 0 Å². The number of benzene rings is 1. The second kappa shape index (κ2) is 8.01. The van der Waals surface area contributed by atoms with Gasteiger partial charge in [0.05, 0.1) is 11.7 Å². The van der Waals surface area contributed by atoms with E-state index in [0.717, 1.165) is 25.0 Å². The molecule has 1 saturated heterocycles. The number of amides is 1. The number of carbonyl (C=O) groups is 2. The van der Waals surface area contributed by atoms with E-state index in [-0.39, 0.29) is 36.4 Å². The fourth-order valence-electron chi connectivity index (χ4n) is 3.25. The van der Waals surface area contributed by atoms with Crippen molar-refractivity contribution >= 4 is 11.7 Å². The molecule has 1 aliphatic heterocycles. The maximum atomic E-state index is 12.9. The van der Waals surface area contributed by atoms with Gasteiger partial charge in [-0.15, -0.1) is 0 Å². The molecule has 1 aliphatic rings. The summed E-state index contributed by atoms with van der Waals surface area (Å²) < 4.78 is 12.9. The van der Waals surface area contributed by atoms with Crippen molar-refractivity contribution in [3.8, 4) is 0 Å². The van der Waals surface area contributed by atoms with Crippen LogP contribution in [0.2, 0.25) is 0 Å². The molecule has 2 heterocycles. The maximum absolute atomic E-state index is 12.9. The standard InChI is InChI=1S/C20H21FN2O2/c21-16-9-7-15(8-10-16)19(24)11-12-20(25)23-14-4-2-6-18(23)17-5-1-3-13-22-17/h1,3,5,7-10,13,18H,2,4,6,11-12,14H2/t18-/m1/s1.